The lowest BCUT2D eigenvalue weighted by atomic mass is 10.1. The molecule has 0 bridgehead atoms. The van der Waals surface area contributed by atoms with Gasteiger partial charge < -0.3 is 4.74 Å². The van der Waals surface area contributed by atoms with Gasteiger partial charge in [0.05, 0.1) is 11.1 Å². The second-order valence-electron chi connectivity index (χ2n) is 3.23. The van der Waals surface area contributed by atoms with Crippen molar-refractivity contribution in [2.24, 2.45) is 0 Å². The molecule has 1 aromatic rings. The van der Waals surface area contributed by atoms with Crippen LogP contribution in [0.2, 0.25) is 0 Å². The lowest BCUT2D eigenvalue weighted by Crippen LogP contribution is -2.15. The van der Waals surface area contributed by atoms with Crippen molar-refractivity contribution in [3.8, 4) is 0 Å². The van der Waals surface area contributed by atoms with Gasteiger partial charge in [-0.25, -0.2) is 4.39 Å². The quantitative estimate of drug-likeness (QED) is 0.606. The molecular weight excluding hydrogens is 240 g/mol. The van der Waals surface area contributed by atoms with E-state index in [1.54, 1.807) is 6.92 Å². The van der Waals surface area contributed by atoms with Gasteiger partial charge in [0, 0.05) is 6.61 Å². The Bertz CT molecular complexity index is 412. The van der Waals surface area contributed by atoms with Crippen molar-refractivity contribution in [1.29, 1.82) is 0 Å². The molecule has 0 aliphatic carbocycles. The van der Waals surface area contributed by atoms with Crippen LogP contribution in [-0.4, -0.2) is 19.0 Å². The van der Waals surface area contributed by atoms with Gasteiger partial charge in [-0.15, -0.1) is 0 Å². The normalized spacial score (nSPS) is 11.6. The number of hydrogen-bond donors (Lipinski definition) is 0. The molecule has 0 radical (unpaired) electrons. The monoisotopic (exact) mass is 250 g/mol. The second kappa shape index (κ2) is 5.27. The van der Waals surface area contributed by atoms with Crippen molar-refractivity contribution in [2.75, 3.05) is 13.2 Å². The molecule has 1 aromatic carbocycles. The van der Waals surface area contributed by atoms with Crippen molar-refractivity contribution in [3.05, 3.63) is 35.1 Å². The third-order valence-corrected chi connectivity index (χ3v) is 2.04. The summed E-state index contributed by atoms with van der Waals surface area (Å²) in [6.45, 7) is 1.41. The van der Waals surface area contributed by atoms with Crippen molar-refractivity contribution in [2.45, 2.75) is 13.1 Å². The van der Waals surface area contributed by atoms with Crippen LogP contribution in [0.4, 0.5) is 17.6 Å². The predicted molar refractivity (Wildman–Crippen MR) is 52.2 cm³/mol. The predicted octanol–water partition coefficient (Wildman–Crippen LogP) is 3.06. The van der Waals surface area contributed by atoms with Gasteiger partial charge in [-0.2, -0.15) is 13.2 Å². The molecular formula is C11H10F4O2. The van der Waals surface area contributed by atoms with Crippen LogP contribution in [0, 0.1) is 5.82 Å². The lowest BCUT2D eigenvalue weighted by Gasteiger charge is -2.10. The first-order valence-electron chi connectivity index (χ1n) is 4.84. The maximum absolute atomic E-state index is 13.4. The number of carbonyl (C=O) groups excluding carboxylic acids is 1. The van der Waals surface area contributed by atoms with Crippen LogP contribution < -0.4 is 0 Å². The maximum atomic E-state index is 13.4. The van der Waals surface area contributed by atoms with Crippen molar-refractivity contribution in [1.82, 2.24) is 0 Å². The van der Waals surface area contributed by atoms with Gasteiger partial charge in [0.15, 0.2) is 5.78 Å². The highest BCUT2D eigenvalue weighted by Gasteiger charge is 2.35. The SMILES string of the molecule is CCOCC(=O)c1cccc(C(F)(F)F)c1F. The Balaban J connectivity index is 3.06. The van der Waals surface area contributed by atoms with E-state index in [9.17, 15) is 22.4 Å². The summed E-state index contributed by atoms with van der Waals surface area (Å²) in [7, 11) is 0. The van der Waals surface area contributed by atoms with Crippen LogP contribution in [0.15, 0.2) is 18.2 Å². The molecule has 0 aliphatic heterocycles. The summed E-state index contributed by atoms with van der Waals surface area (Å²) in [6, 6.07) is 2.59. The fourth-order valence-corrected chi connectivity index (χ4v) is 1.24. The number of Topliss-reactive ketones (excluding diaryl/α,β-unsaturated/α-hetero) is 1. The highest BCUT2D eigenvalue weighted by atomic mass is 19.4. The molecule has 0 aromatic heterocycles. The number of ether oxygens (including phenoxy) is 1. The fourth-order valence-electron chi connectivity index (χ4n) is 1.24. The summed E-state index contributed by atoms with van der Waals surface area (Å²) in [5, 5.41) is 0. The number of halogens is 4. The van der Waals surface area contributed by atoms with E-state index < -0.39 is 35.5 Å². The molecule has 17 heavy (non-hydrogen) atoms. The molecule has 0 heterocycles. The minimum absolute atomic E-state index is 0.228. The third kappa shape index (κ3) is 3.26. The Morgan fingerprint density at radius 3 is 2.53 bits per heavy atom. The molecule has 0 spiro atoms. The van der Waals surface area contributed by atoms with Gasteiger partial charge in [-0.1, -0.05) is 6.07 Å². The van der Waals surface area contributed by atoms with Gasteiger partial charge in [0.1, 0.15) is 12.4 Å². The topological polar surface area (TPSA) is 26.3 Å². The van der Waals surface area contributed by atoms with E-state index in [0.29, 0.717) is 6.07 Å². The van der Waals surface area contributed by atoms with E-state index >= 15 is 0 Å². The van der Waals surface area contributed by atoms with Crippen molar-refractivity contribution in [3.63, 3.8) is 0 Å². The largest absolute Gasteiger partial charge is 0.419 e. The van der Waals surface area contributed by atoms with Crippen LogP contribution in [0.3, 0.4) is 0 Å². The Morgan fingerprint density at radius 1 is 1.35 bits per heavy atom. The molecule has 0 saturated carbocycles. The number of alkyl halides is 3. The van der Waals surface area contributed by atoms with Crippen molar-refractivity contribution >= 4 is 5.78 Å². The average molecular weight is 250 g/mol. The Labute approximate surface area is 95.2 Å². The standard InChI is InChI=1S/C11H10F4O2/c1-2-17-6-9(16)7-4-3-5-8(10(7)12)11(13,14)15/h3-5H,2,6H2,1H3. The van der Waals surface area contributed by atoms with E-state index in [1.165, 1.54) is 0 Å². The summed E-state index contributed by atoms with van der Waals surface area (Å²) in [5.41, 5.74) is -2.05. The zero-order valence-corrected chi connectivity index (χ0v) is 8.97. The van der Waals surface area contributed by atoms with Gasteiger partial charge in [0.25, 0.3) is 0 Å². The molecule has 6 heteroatoms. The Kier molecular flexibility index (Phi) is 4.22. The van der Waals surface area contributed by atoms with E-state index in [2.05, 4.69) is 0 Å². The van der Waals surface area contributed by atoms with Crippen molar-refractivity contribution < 1.29 is 27.1 Å². The summed E-state index contributed by atoms with van der Waals surface area (Å²) < 4.78 is 55.3. The molecule has 2 nitrogen and oxygen atoms in total. The highest BCUT2D eigenvalue weighted by Crippen LogP contribution is 2.32. The fraction of sp³-hybridized carbons (Fsp3) is 0.364. The van der Waals surface area contributed by atoms with E-state index in [4.69, 9.17) is 4.74 Å². The average Bonchev–Trinajstić information content (AvgIpc) is 2.24. The molecule has 0 unspecified atom stereocenters. The van der Waals surface area contributed by atoms with Crippen LogP contribution in [-0.2, 0) is 10.9 Å². The number of hydrogen-bond acceptors (Lipinski definition) is 2. The molecule has 0 fully saturated rings. The first-order valence-corrected chi connectivity index (χ1v) is 4.84. The van der Waals surface area contributed by atoms with E-state index in [0.717, 1.165) is 12.1 Å². The Morgan fingerprint density at radius 2 is 2.00 bits per heavy atom. The zero-order valence-electron chi connectivity index (χ0n) is 8.97. The molecule has 0 saturated heterocycles. The van der Waals surface area contributed by atoms with Crippen LogP contribution in [0.25, 0.3) is 0 Å². The molecule has 0 aliphatic rings. The second-order valence-corrected chi connectivity index (χ2v) is 3.23. The summed E-state index contributed by atoms with van der Waals surface area (Å²) in [4.78, 5) is 11.4. The summed E-state index contributed by atoms with van der Waals surface area (Å²) >= 11 is 0. The third-order valence-electron chi connectivity index (χ3n) is 2.04. The first kappa shape index (κ1) is 13.6. The minimum Gasteiger partial charge on any atom is -0.374 e. The molecule has 1 rings (SSSR count). The maximum Gasteiger partial charge on any atom is 0.419 e. The molecule has 0 atom stereocenters. The Hall–Kier alpha value is -1.43. The minimum atomic E-state index is -4.81. The van der Waals surface area contributed by atoms with Crippen LogP contribution in [0.1, 0.15) is 22.8 Å². The highest BCUT2D eigenvalue weighted by molar-refractivity contribution is 5.97. The first-order chi connectivity index (χ1) is 7.88. The number of carbonyl (C=O) groups is 1. The summed E-state index contributed by atoms with van der Waals surface area (Å²) in [5.74, 6) is -2.36. The van der Waals surface area contributed by atoms with Gasteiger partial charge in [-0.05, 0) is 19.1 Å². The number of ketones is 1. The summed E-state index contributed by atoms with van der Waals surface area (Å²) in [6.07, 6.45) is -4.81. The smallest absolute Gasteiger partial charge is 0.374 e. The number of rotatable bonds is 4. The lowest BCUT2D eigenvalue weighted by molar-refractivity contribution is -0.140. The van der Waals surface area contributed by atoms with Gasteiger partial charge in [-0.3, -0.25) is 4.79 Å². The molecule has 0 N–H and O–H groups in total. The molecule has 94 valence electrons. The van der Waals surface area contributed by atoms with Gasteiger partial charge >= 0.3 is 6.18 Å². The number of benzene rings is 1. The zero-order chi connectivity index (χ0) is 13.1. The van der Waals surface area contributed by atoms with Gasteiger partial charge in [0.2, 0.25) is 0 Å². The molecule has 0 amide bonds. The van der Waals surface area contributed by atoms with E-state index in [1.807, 2.05) is 0 Å². The van der Waals surface area contributed by atoms with Crippen LogP contribution in [0.5, 0.6) is 0 Å². The van der Waals surface area contributed by atoms with E-state index in [-0.39, 0.29) is 6.61 Å². The van der Waals surface area contributed by atoms with Crippen LogP contribution >= 0.6 is 0 Å².